The molecule has 8 heteroatoms. The van der Waals surface area contributed by atoms with Crippen LogP contribution in [0, 0.1) is 5.92 Å². The number of hydrogen-bond donors (Lipinski definition) is 1. The van der Waals surface area contributed by atoms with Gasteiger partial charge in [0.15, 0.2) is 0 Å². The number of nitrogens with zero attached hydrogens (tertiary/aromatic N) is 2. The molecule has 7 nitrogen and oxygen atoms in total. The Morgan fingerprint density at radius 3 is 2.78 bits per heavy atom. The van der Waals surface area contributed by atoms with Gasteiger partial charge >= 0.3 is 0 Å². The van der Waals surface area contributed by atoms with Gasteiger partial charge in [-0.2, -0.15) is 0 Å². The first-order valence-corrected chi connectivity index (χ1v) is 11.3. The first kappa shape index (κ1) is 20.1. The summed E-state index contributed by atoms with van der Waals surface area (Å²) >= 11 is 0. The van der Waals surface area contributed by atoms with E-state index in [0.29, 0.717) is 32.6 Å². The maximum absolute atomic E-state index is 12.7. The van der Waals surface area contributed by atoms with Crippen molar-refractivity contribution in [2.45, 2.75) is 26.2 Å². The molecule has 0 saturated carbocycles. The zero-order valence-corrected chi connectivity index (χ0v) is 16.7. The van der Waals surface area contributed by atoms with E-state index in [1.54, 1.807) is 0 Å². The van der Waals surface area contributed by atoms with Gasteiger partial charge in [0, 0.05) is 37.6 Å². The van der Waals surface area contributed by atoms with Gasteiger partial charge in [0.05, 0.1) is 24.9 Å². The molecule has 0 aliphatic carbocycles. The van der Waals surface area contributed by atoms with E-state index in [9.17, 15) is 13.2 Å². The Morgan fingerprint density at radius 1 is 1.26 bits per heavy atom. The van der Waals surface area contributed by atoms with Crippen molar-refractivity contribution < 1.29 is 17.9 Å². The SMILES string of the molecule is CCCS(=O)(=O)N1CCCC(C(=O)Nc2cccc(N3CCOCC3)c2)C1. The lowest BCUT2D eigenvalue weighted by atomic mass is 9.98. The minimum absolute atomic E-state index is 0.106. The topological polar surface area (TPSA) is 79.0 Å². The van der Waals surface area contributed by atoms with E-state index in [-0.39, 0.29) is 24.1 Å². The molecule has 27 heavy (non-hydrogen) atoms. The molecule has 2 fully saturated rings. The highest BCUT2D eigenvalue weighted by Gasteiger charge is 2.31. The molecule has 0 bridgehead atoms. The lowest BCUT2D eigenvalue weighted by Gasteiger charge is -2.31. The molecule has 1 atom stereocenters. The summed E-state index contributed by atoms with van der Waals surface area (Å²) in [7, 11) is -3.26. The number of piperidine rings is 1. The zero-order valence-electron chi connectivity index (χ0n) is 15.9. The summed E-state index contributed by atoms with van der Waals surface area (Å²) in [5, 5.41) is 2.98. The molecule has 1 amide bonds. The number of ether oxygens (including phenoxy) is 1. The van der Waals surface area contributed by atoms with Crippen LogP contribution in [0.15, 0.2) is 24.3 Å². The van der Waals surface area contributed by atoms with Crippen LogP contribution in [0.5, 0.6) is 0 Å². The molecule has 2 aliphatic heterocycles. The van der Waals surface area contributed by atoms with Crippen molar-refractivity contribution in [3.8, 4) is 0 Å². The number of carbonyl (C=O) groups excluding carboxylic acids is 1. The van der Waals surface area contributed by atoms with E-state index in [2.05, 4.69) is 10.2 Å². The van der Waals surface area contributed by atoms with Crippen LogP contribution in [-0.4, -0.2) is 63.8 Å². The highest BCUT2D eigenvalue weighted by Crippen LogP contribution is 2.24. The molecule has 1 aromatic rings. The highest BCUT2D eigenvalue weighted by molar-refractivity contribution is 7.89. The molecule has 2 aliphatic rings. The van der Waals surface area contributed by atoms with Crippen molar-refractivity contribution in [3.63, 3.8) is 0 Å². The third kappa shape index (κ3) is 5.21. The van der Waals surface area contributed by atoms with Gasteiger partial charge in [-0.05, 0) is 37.5 Å². The Hall–Kier alpha value is -1.64. The molecule has 150 valence electrons. The maximum Gasteiger partial charge on any atom is 0.228 e. The van der Waals surface area contributed by atoms with Crippen LogP contribution in [0.1, 0.15) is 26.2 Å². The van der Waals surface area contributed by atoms with Crippen LogP contribution < -0.4 is 10.2 Å². The Bertz CT molecular complexity index is 747. The molecular formula is C19H29N3O4S. The fourth-order valence-corrected chi connectivity index (χ4v) is 5.23. The molecule has 0 radical (unpaired) electrons. The summed E-state index contributed by atoms with van der Waals surface area (Å²) in [6.45, 7) is 5.74. The number of rotatable bonds is 6. The predicted molar refractivity (Wildman–Crippen MR) is 106 cm³/mol. The zero-order chi connectivity index (χ0) is 19.3. The molecule has 2 heterocycles. The van der Waals surface area contributed by atoms with Crippen molar-refractivity contribution in [2.75, 3.05) is 55.4 Å². The first-order valence-electron chi connectivity index (χ1n) is 9.71. The average Bonchev–Trinajstić information content (AvgIpc) is 2.69. The van der Waals surface area contributed by atoms with Crippen LogP contribution >= 0.6 is 0 Å². The predicted octanol–water partition coefficient (Wildman–Crippen LogP) is 1.91. The summed E-state index contributed by atoms with van der Waals surface area (Å²) in [6, 6.07) is 7.80. The van der Waals surface area contributed by atoms with Crippen LogP contribution in [0.25, 0.3) is 0 Å². The Morgan fingerprint density at radius 2 is 2.04 bits per heavy atom. The van der Waals surface area contributed by atoms with Gasteiger partial charge in [0.2, 0.25) is 15.9 Å². The highest BCUT2D eigenvalue weighted by atomic mass is 32.2. The summed E-state index contributed by atoms with van der Waals surface area (Å²) in [5.74, 6) is -0.272. The number of nitrogens with one attached hydrogen (secondary N) is 1. The normalized spacial score (nSPS) is 21.8. The molecule has 0 spiro atoms. The van der Waals surface area contributed by atoms with E-state index in [1.165, 1.54) is 4.31 Å². The number of hydrogen-bond acceptors (Lipinski definition) is 5. The van der Waals surface area contributed by atoms with Gasteiger partial charge in [-0.15, -0.1) is 0 Å². The number of carbonyl (C=O) groups is 1. The Kier molecular flexibility index (Phi) is 6.73. The fourth-order valence-electron chi connectivity index (χ4n) is 3.64. The summed E-state index contributed by atoms with van der Waals surface area (Å²) in [5.41, 5.74) is 1.81. The Balaban J connectivity index is 1.63. The third-order valence-corrected chi connectivity index (χ3v) is 7.14. The van der Waals surface area contributed by atoms with Crippen molar-refractivity contribution in [1.29, 1.82) is 0 Å². The lowest BCUT2D eigenvalue weighted by Crippen LogP contribution is -2.44. The van der Waals surface area contributed by atoms with Crippen molar-refractivity contribution in [2.24, 2.45) is 5.92 Å². The first-order chi connectivity index (χ1) is 13.0. The van der Waals surface area contributed by atoms with Crippen molar-refractivity contribution in [3.05, 3.63) is 24.3 Å². The van der Waals surface area contributed by atoms with E-state index < -0.39 is 10.0 Å². The van der Waals surface area contributed by atoms with Crippen molar-refractivity contribution >= 4 is 27.3 Å². The number of anilines is 2. The van der Waals surface area contributed by atoms with Gasteiger partial charge in [0.1, 0.15) is 0 Å². The van der Waals surface area contributed by atoms with Gasteiger partial charge in [-0.25, -0.2) is 12.7 Å². The molecule has 0 aromatic heterocycles. The molecule has 1 aromatic carbocycles. The number of benzene rings is 1. The Labute approximate surface area is 161 Å². The van der Waals surface area contributed by atoms with Gasteiger partial charge in [0.25, 0.3) is 0 Å². The minimum Gasteiger partial charge on any atom is -0.378 e. The van der Waals surface area contributed by atoms with Crippen molar-refractivity contribution in [1.82, 2.24) is 4.31 Å². The summed E-state index contributed by atoms with van der Waals surface area (Å²) in [6.07, 6.45) is 2.02. The smallest absolute Gasteiger partial charge is 0.228 e. The van der Waals surface area contributed by atoms with Gasteiger partial charge < -0.3 is 15.0 Å². The number of morpholine rings is 1. The molecule has 1 N–H and O–H groups in total. The van der Waals surface area contributed by atoms with Crippen LogP contribution in [-0.2, 0) is 19.6 Å². The third-order valence-electron chi connectivity index (χ3n) is 5.10. The fraction of sp³-hybridized carbons (Fsp3) is 0.632. The molecule has 3 rings (SSSR count). The number of amides is 1. The van der Waals surface area contributed by atoms with E-state index in [4.69, 9.17) is 4.74 Å². The molecule has 2 saturated heterocycles. The van der Waals surface area contributed by atoms with E-state index in [0.717, 1.165) is 30.9 Å². The largest absolute Gasteiger partial charge is 0.378 e. The second kappa shape index (κ2) is 9.03. The lowest BCUT2D eigenvalue weighted by molar-refractivity contribution is -0.120. The monoisotopic (exact) mass is 395 g/mol. The maximum atomic E-state index is 12.7. The second-order valence-electron chi connectivity index (χ2n) is 7.15. The molecule has 1 unspecified atom stereocenters. The summed E-state index contributed by atoms with van der Waals surface area (Å²) < 4.78 is 31.5. The molecular weight excluding hydrogens is 366 g/mol. The van der Waals surface area contributed by atoms with Crippen LogP contribution in [0.3, 0.4) is 0 Å². The minimum atomic E-state index is -3.26. The van der Waals surface area contributed by atoms with E-state index >= 15 is 0 Å². The second-order valence-corrected chi connectivity index (χ2v) is 9.24. The van der Waals surface area contributed by atoms with E-state index in [1.807, 2.05) is 31.2 Å². The number of sulfonamides is 1. The van der Waals surface area contributed by atoms with Crippen LogP contribution in [0.4, 0.5) is 11.4 Å². The average molecular weight is 396 g/mol. The quantitative estimate of drug-likeness (QED) is 0.796. The standard InChI is InChI=1S/C19H29N3O4S/c1-2-13-27(24,25)22-8-4-5-16(15-22)19(23)20-17-6-3-7-18(14-17)21-9-11-26-12-10-21/h3,6-7,14,16H,2,4-5,8-13,15H2,1H3,(H,20,23). The van der Waals surface area contributed by atoms with Gasteiger partial charge in [-0.1, -0.05) is 13.0 Å². The van der Waals surface area contributed by atoms with Gasteiger partial charge in [-0.3, -0.25) is 4.79 Å². The van der Waals surface area contributed by atoms with Crippen LogP contribution in [0.2, 0.25) is 0 Å². The summed E-state index contributed by atoms with van der Waals surface area (Å²) in [4.78, 5) is 15.0.